The molecule has 0 amide bonds. The van der Waals surface area contributed by atoms with Crippen LogP contribution in [0, 0.1) is 0 Å². The number of benzene rings is 3. The summed E-state index contributed by atoms with van der Waals surface area (Å²) in [4.78, 5) is 36.2. The third-order valence-electron chi connectivity index (χ3n) is 7.09. The molecule has 8 nitrogen and oxygen atoms in total. The highest BCUT2D eigenvalue weighted by Gasteiger charge is 2.35. The lowest BCUT2D eigenvalue weighted by Crippen LogP contribution is -2.31. The van der Waals surface area contributed by atoms with Crippen molar-refractivity contribution in [1.82, 2.24) is 0 Å². The summed E-state index contributed by atoms with van der Waals surface area (Å²) in [5, 5.41) is 0. The third kappa shape index (κ3) is 8.83. The number of carbonyl (C=O) groups is 3. The van der Waals surface area contributed by atoms with Crippen LogP contribution in [0.1, 0.15) is 62.7 Å². The van der Waals surface area contributed by atoms with Crippen LogP contribution in [0.3, 0.4) is 0 Å². The summed E-state index contributed by atoms with van der Waals surface area (Å²) < 4.78 is 28.3. The molecule has 8 heteroatoms. The zero-order chi connectivity index (χ0) is 31.5. The molecule has 1 aliphatic rings. The zero-order valence-corrected chi connectivity index (χ0v) is 25.2. The van der Waals surface area contributed by atoms with Crippen LogP contribution in [0.15, 0.2) is 97.6 Å². The highest BCUT2D eigenvalue weighted by Crippen LogP contribution is 2.29. The summed E-state index contributed by atoms with van der Waals surface area (Å²) in [5.41, 5.74) is 2.70. The molecular weight excluding hydrogens is 560 g/mol. The largest absolute Gasteiger partial charge is 0.487 e. The van der Waals surface area contributed by atoms with Crippen molar-refractivity contribution in [3.05, 3.63) is 103 Å². The van der Waals surface area contributed by atoms with Gasteiger partial charge >= 0.3 is 17.9 Å². The molecular formula is C36H38O8. The van der Waals surface area contributed by atoms with E-state index in [-0.39, 0.29) is 18.2 Å². The number of ether oxygens (including phenoxy) is 5. The second kappa shape index (κ2) is 15.6. The number of cyclic esters (lactones) is 1. The summed E-state index contributed by atoms with van der Waals surface area (Å²) in [6, 6.07) is 21.3. The van der Waals surface area contributed by atoms with Crippen molar-refractivity contribution in [3.63, 3.8) is 0 Å². The van der Waals surface area contributed by atoms with Crippen molar-refractivity contribution in [1.29, 1.82) is 0 Å². The second-order valence-electron chi connectivity index (χ2n) is 10.5. The van der Waals surface area contributed by atoms with Crippen molar-refractivity contribution in [2.45, 2.75) is 70.9 Å². The monoisotopic (exact) mass is 598 g/mol. The van der Waals surface area contributed by atoms with Gasteiger partial charge in [0, 0.05) is 24.5 Å². The number of esters is 3. The van der Waals surface area contributed by atoms with E-state index in [1.807, 2.05) is 43.3 Å². The first-order chi connectivity index (χ1) is 21.3. The van der Waals surface area contributed by atoms with Crippen LogP contribution in [0.25, 0.3) is 11.1 Å². The Morgan fingerprint density at radius 1 is 0.864 bits per heavy atom. The minimum absolute atomic E-state index is 0.293. The van der Waals surface area contributed by atoms with E-state index in [0.29, 0.717) is 41.2 Å². The highest BCUT2D eigenvalue weighted by molar-refractivity contribution is 5.91. The maximum atomic E-state index is 12.8. The molecule has 1 saturated heterocycles. The lowest BCUT2D eigenvalue weighted by atomic mass is 10.0. The number of unbranched alkanes of at least 4 members (excludes halogenated alkanes) is 1. The molecule has 0 bridgehead atoms. The predicted octanol–water partition coefficient (Wildman–Crippen LogP) is 7.62. The second-order valence-corrected chi connectivity index (χ2v) is 10.5. The van der Waals surface area contributed by atoms with E-state index in [1.54, 1.807) is 36.4 Å². The number of rotatable bonds is 15. The van der Waals surface area contributed by atoms with Gasteiger partial charge < -0.3 is 23.7 Å². The van der Waals surface area contributed by atoms with Crippen LogP contribution in [-0.4, -0.2) is 36.4 Å². The molecule has 0 N–H and O–H groups in total. The van der Waals surface area contributed by atoms with E-state index in [0.717, 1.165) is 42.9 Å². The Hall–Kier alpha value is -4.85. The number of hydrogen-bond donors (Lipinski definition) is 0. The molecule has 1 aliphatic heterocycles. The Balaban J connectivity index is 1.33. The fourth-order valence-electron chi connectivity index (χ4n) is 4.68. The van der Waals surface area contributed by atoms with Gasteiger partial charge in [0.2, 0.25) is 6.29 Å². The molecule has 230 valence electrons. The van der Waals surface area contributed by atoms with Gasteiger partial charge in [0.05, 0.1) is 5.56 Å². The fourth-order valence-corrected chi connectivity index (χ4v) is 4.68. The maximum Gasteiger partial charge on any atom is 0.343 e. The molecule has 1 fully saturated rings. The standard InChI is InChI=1S/C36H38O8/c1-5-8-10-31(32-23-24(4)35(38)43-32)40-28-21-15-27(16-22-28)36(39)42-30-19-13-26(14-20-30)25-11-17-29(18-12-25)41-34(9-6-2)44-33(37)7-3/h7,11-22,31-32,34H,3-6,8-10,23H2,1-2H3. The van der Waals surface area contributed by atoms with E-state index in [2.05, 4.69) is 20.1 Å². The van der Waals surface area contributed by atoms with E-state index in [1.165, 1.54) is 0 Å². The number of carbonyl (C=O) groups excluding carboxylic acids is 3. The van der Waals surface area contributed by atoms with Gasteiger partial charge in [-0.1, -0.05) is 57.7 Å². The first-order valence-corrected chi connectivity index (χ1v) is 14.9. The summed E-state index contributed by atoms with van der Waals surface area (Å²) >= 11 is 0. The Morgan fingerprint density at radius 2 is 1.45 bits per heavy atom. The fraction of sp³-hybridized carbons (Fsp3) is 0.306. The highest BCUT2D eigenvalue weighted by atomic mass is 16.7. The van der Waals surface area contributed by atoms with Crippen LogP contribution < -0.4 is 14.2 Å². The molecule has 0 aromatic heterocycles. The molecule has 3 atom stereocenters. The lowest BCUT2D eigenvalue weighted by molar-refractivity contribution is -0.158. The third-order valence-corrected chi connectivity index (χ3v) is 7.09. The molecule has 3 aromatic carbocycles. The Morgan fingerprint density at radius 3 is 2.00 bits per heavy atom. The Kier molecular flexibility index (Phi) is 11.3. The van der Waals surface area contributed by atoms with Crippen molar-refractivity contribution >= 4 is 17.9 Å². The molecule has 44 heavy (non-hydrogen) atoms. The maximum absolute atomic E-state index is 12.8. The first kappa shape index (κ1) is 32.1. The van der Waals surface area contributed by atoms with Crippen LogP contribution in [0.2, 0.25) is 0 Å². The molecule has 0 aliphatic carbocycles. The smallest absolute Gasteiger partial charge is 0.343 e. The summed E-state index contributed by atoms with van der Waals surface area (Å²) in [6.45, 7) is 11.3. The molecule has 3 unspecified atom stereocenters. The average Bonchev–Trinajstić information content (AvgIpc) is 3.37. The summed E-state index contributed by atoms with van der Waals surface area (Å²) in [5.74, 6) is 0.173. The van der Waals surface area contributed by atoms with Crippen molar-refractivity contribution in [2.75, 3.05) is 0 Å². The van der Waals surface area contributed by atoms with Gasteiger partial charge in [0.15, 0.2) is 0 Å². The molecule has 0 radical (unpaired) electrons. The Labute approximate surface area is 258 Å². The van der Waals surface area contributed by atoms with Gasteiger partial charge in [-0.25, -0.2) is 14.4 Å². The predicted molar refractivity (Wildman–Crippen MR) is 166 cm³/mol. The van der Waals surface area contributed by atoms with Crippen molar-refractivity contribution < 1.29 is 38.1 Å². The van der Waals surface area contributed by atoms with Crippen molar-refractivity contribution in [3.8, 4) is 28.4 Å². The molecule has 0 saturated carbocycles. The van der Waals surface area contributed by atoms with Crippen LogP contribution in [-0.2, 0) is 19.1 Å². The minimum Gasteiger partial charge on any atom is -0.487 e. The topological polar surface area (TPSA) is 97.4 Å². The Bertz CT molecular complexity index is 1420. The van der Waals surface area contributed by atoms with Crippen LogP contribution in [0.5, 0.6) is 17.2 Å². The van der Waals surface area contributed by atoms with Gasteiger partial charge in [-0.2, -0.15) is 0 Å². The summed E-state index contributed by atoms with van der Waals surface area (Å²) in [7, 11) is 0. The normalized spacial score (nSPS) is 15.5. The van der Waals surface area contributed by atoms with Gasteiger partial charge in [-0.05, 0) is 78.9 Å². The first-order valence-electron chi connectivity index (χ1n) is 14.9. The van der Waals surface area contributed by atoms with E-state index in [9.17, 15) is 14.4 Å². The lowest BCUT2D eigenvalue weighted by Gasteiger charge is -2.23. The van der Waals surface area contributed by atoms with Gasteiger partial charge in [0.25, 0.3) is 0 Å². The van der Waals surface area contributed by atoms with Crippen LogP contribution >= 0.6 is 0 Å². The quantitative estimate of drug-likeness (QED) is 0.0763. The summed E-state index contributed by atoms with van der Waals surface area (Å²) in [6.07, 6.45) is 4.24. The minimum atomic E-state index is -0.684. The van der Waals surface area contributed by atoms with Gasteiger partial charge in [-0.3, -0.25) is 0 Å². The molecule has 3 aromatic rings. The van der Waals surface area contributed by atoms with E-state index < -0.39 is 18.2 Å². The van der Waals surface area contributed by atoms with Crippen molar-refractivity contribution in [2.24, 2.45) is 0 Å². The SMILES string of the molecule is C=CC(=O)OC(CCC)Oc1ccc(-c2ccc(OC(=O)c3ccc(OC(CCCC)C4CC(=C)C(=O)O4)cc3)cc2)cc1. The van der Waals surface area contributed by atoms with Gasteiger partial charge in [0.1, 0.15) is 29.5 Å². The zero-order valence-electron chi connectivity index (χ0n) is 25.2. The number of hydrogen-bond acceptors (Lipinski definition) is 8. The van der Waals surface area contributed by atoms with E-state index in [4.69, 9.17) is 23.7 Å². The average molecular weight is 599 g/mol. The molecule has 1 heterocycles. The van der Waals surface area contributed by atoms with Gasteiger partial charge in [-0.15, -0.1) is 0 Å². The molecule has 0 spiro atoms. The van der Waals surface area contributed by atoms with E-state index >= 15 is 0 Å². The van der Waals surface area contributed by atoms with Crippen LogP contribution in [0.4, 0.5) is 0 Å². The molecule has 4 rings (SSSR count).